The fourth-order valence-electron chi connectivity index (χ4n) is 4.21. The summed E-state index contributed by atoms with van der Waals surface area (Å²) in [6.07, 6.45) is 2.95. The monoisotopic (exact) mass is 504 g/mol. The number of carbonyl (C=O) groups is 2. The van der Waals surface area contributed by atoms with Crippen molar-refractivity contribution in [2.75, 3.05) is 18.4 Å². The van der Waals surface area contributed by atoms with E-state index in [1.165, 1.54) is 16.9 Å². The van der Waals surface area contributed by atoms with Crippen LogP contribution in [0.5, 0.6) is 0 Å². The van der Waals surface area contributed by atoms with Crippen molar-refractivity contribution in [1.82, 2.24) is 10.3 Å². The Morgan fingerprint density at radius 3 is 2.58 bits per heavy atom. The molecule has 0 aliphatic carbocycles. The van der Waals surface area contributed by atoms with Crippen LogP contribution in [0.25, 0.3) is 0 Å². The summed E-state index contributed by atoms with van der Waals surface area (Å²) >= 11 is 1.32. The number of aryl methyl sites for hydroxylation is 3. The minimum Gasteiger partial charge on any atom is -0.393 e. The first-order chi connectivity index (χ1) is 17.3. The summed E-state index contributed by atoms with van der Waals surface area (Å²) in [6.45, 7) is 8.34. The molecule has 0 spiro atoms. The third-order valence-corrected chi connectivity index (χ3v) is 7.51. The molecule has 7 nitrogen and oxygen atoms in total. The Labute approximate surface area is 215 Å². The zero-order chi connectivity index (χ0) is 25.7. The molecule has 3 aromatic rings. The Balaban J connectivity index is 1.40. The van der Waals surface area contributed by atoms with Gasteiger partial charge < -0.3 is 10.4 Å². The molecule has 1 aromatic heterocycles. The molecule has 0 radical (unpaired) electrons. The van der Waals surface area contributed by atoms with Crippen molar-refractivity contribution in [2.24, 2.45) is 5.10 Å². The first-order valence-corrected chi connectivity index (χ1v) is 13.0. The van der Waals surface area contributed by atoms with Crippen molar-refractivity contribution >= 4 is 34.4 Å². The number of carbonyl (C=O) groups excluding carboxylic acids is 2. The van der Waals surface area contributed by atoms with Gasteiger partial charge in [-0.3, -0.25) is 14.5 Å². The molecule has 0 bridgehead atoms. The maximum absolute atomic E-state index is 13.0. The molecule has 0 saturated carbocycles. The number of nitrogens with zero attached hydrogens (tertiary/aromatic N) is 2. The molecule has 2 aromatic carbocycles. The van der Waals surface area contributed by atoms with E-state index in [9.17, 15) is 14.7 Å². The van der Waals surface area contributed by atoms with Gasteiger partial charge in [-0.15, -0.1) is 11.3 Å². The number of benzene rings is 2. The number of amides is 2. The molecule has 1 fully saturated rings. The lowest BCUT2D eigenvalue weighted by atomic mass is 10.1. The van der Waals surface area contributed by atoms with Crippen LogP contribution in [0.4, 0.5) is 5.00 Å². The molecular weight excluding hydrogens is 472 g/mol. The van der Waals surface area contributed by atoms with Crippen LogP contribution in [0.1, 0.15) is 61.4 Å². The average molecular weight is 505 g/mol. The van der Waals surface area contributed by atoms with E-state index in [0.29, 0.717) is 16.1 Å². The lowest BCUT2D eigenvalue weighted by Crippen LogP contribution is -2.35. The summed E-state index contributed by atoms with van der Waals surface area (Å²) in [5.41, 5.74) is 8.59. The van der Waals surface area contributed by atoms with E-state index in [1.54, 1.807) is 12.3 Å². The number of rotatable bonds is 7. The molecule has 4 rings (SSSR count). The van der Waals surface area contributed by atoms with Gasteiger partial charge in [0.15, 0.2) is 0 Å². The average Bonchev–Trinajstić information content (AvgIpc) is 3.22. The Morgan fingerprint density at radius 2 is 1.83 bits per heavy atom. The first-order valence-electron chi connectivity index (χ1n) is 12.1. The molecule has 36 heavy (non-hydrogen) atoms. The van der Waals surface area contributed by atoms with Gasteiger partial charge in [0.05, 0.1) is 17.9 Å². The number of anilines is 1. The summed E-state index contributed by atoms with van der Waals surface area (Å²) in [5.74, 6) is -0.634. The predicted molar refractivity (Wildman–Crippen MR) is 145 cm³/mol. The molecule has 1 saturated heterocycles. The zero-order valence-electron chi connectivity index (χ0n) is 20.9. The molecule has 8 heteroatoms. The highest BCUT2D eigenvalue weighted by Gasteiger charge is 2.20. The van der Waals surface area contributed by atoms with Gasteiger partial charge in [0.25, 0.3) is 11.8 Å². The smallest absolute Gasteiger partial charge is 0.274 e. The normalized spacial score (nSPS) is 14.8. The van der Waals surface area contributed by atoms with Crippen LogP contribution in [-0.4, -0.2) is 47.2 Å². The lowest BCUT2D eigenvalue weighted by Gasteiger charge is -2.29. The summed E-state index contributed by atoms with van der Waals surface area (Å²) in [5, 5.41) is 19.1. The van der Waals surface area contributed by atoms with Crippen molar-refractivity contribution < 1.29 is 14.7 Å². The second-order valence-electron chi connectivity index (χ2n) is 9.33. The van der Waals surface area contributed by atoms with E-state index >= 15 is 0 Å². The van der Waals surface area contributed by atoms with E-state index in [1.807, 2.05) is 62.5 Å². The standard InChI is InChI=1S/C28H32N4O3S/c1-18-7-8-21(13-19(18)2)15-29-31-27(35)25-20(3)17-36-28(25)30-26(34)23-6-4-5-22(14-23)16-32-11-9-24(33)10-12-32/h4-8,13-15,17,24,33H,9-12,16H2,1-3H3,(H,30,34)(H,31,35)/b29-15+. The highest BCUT2D eigenvalue weighted by atomic mass is 32.1. The first kappa shape index (κ1) is 25.8. The third-order valence-electron chi connectivity index (χ3n) is 6.49. The van der Waals surface area contributed by atoms with Gasteiger partial charge in [0, 0.05) is 25.2 Å². The quantitative estimate of drug-likeness (QED) is 0.323. The minimum absolute atomic E-state index is 0.212. The number of hydrogen-bond acceptors (Lipinski definition) is 6. The topological polar surface area (TPSA) is 94.0 Å². The van der Waals surface area contributed by atoms with Crippen LogP contribution in [0.3, 0.4) is 0 Å². The fraction of sp³-hybridized carbons (Fsp3) is 0.321. The van der Waals surface area contributed by atoms with E-state index in [-0.39, 0.29) is 17.9 Å². The van der Waals surface area contributed by atoms with Crippen molar-refractivity contribution in [3.8, 4) is 0 Å². The van der Waals surface area contributed by atoms with Crippen molar-refractivity contribution in [3.05, 3.63) is 86.8 Å². The number of nitrogens with one attached hydrogen (secondary N) is 2. The number of aliphatic hydroxyl groups excluding tert-OH is 1. The Hall–Kier alpha value is -3.33. The second kappa shape index (κ2) is 11.6. The molecule has 1 aliphatic heterocycles. The molecule has 0 unspecified atom stereocenters. The van der Waals surface area contributed by atoms with E-state index in [4.69, 9.17) is 0 Å². The Morgan fingerprint density at radius 1 is 1.06 bits per heavy atom. The van der Waals surface area contributed by atoms with Crippen LogP contribution >= 0.6 is 11.3 Å². The molecule has 0 atom stereocenters. The van der Waals surface area contributed by atoms with Gasteiger partial charge in [-0.25, -0.2) is 5.43 Å². The molecular formula is C28H32N4O3S. The summed E-state index contributed by atoms with van der Waals surface area (Å²) in [4.78, 5) is 28.2. The van der Waals surface area contributed by atoms with Crippen LogP contribution < -0.4 is 10.7 Å². The number of likely N-dealkylation sites (tertiary alicyclic amines) is 1. The van der Waals surface area contributed by atoms with Gasteiger partial charge in [-0.05, 0) is 78.9 Å². The van der Waals surface area contributed by atoms with Crippen molar-refractivity contribution in [1.29, 1.82) is 0 Å². The highest BCUT2D eigenvalue weighted by molar-refractivity contribution is 7.15. The molecule has 2 heterocycles. The Kier molecular flexibility index (Phi) is 8.30. The molecule has 1 aliphatic rings. The van der Waals surface area contributed by atoms with Crippen LogP contribution in [-0.2, 0) is 6.54 Å². The van der Waals surface area contributed by atoms with Crippen molar-refractivity contribution in [2.45, 2.75) is 46.3 Å². The highest BCUT2D eigenvalue weighted by Crippen LogP contribution is 2.28. The second-order valence-corrected chi connectivity index (χ2v) is 10.2. The van der Waals surface area contributed by atoms with Gasteiger partial charge in [0.2, 0.25) is 0 Å². The number of aliphatic hydroxyl groups is 1. The van der Waals surface area contributed by atoms with E-state index in [2.05, 4.69) is 20.7 Å². The predicted octanol–water partition coefficient (Wildman–Crippen LogP) is 4.65. The molecule has 188 valence electrons. The van der Waals surface area contributed by atoms with Crippen molar-refractivity contribution in [3.63, 3.8) is 0 Å². The fourth-order valence-corrected chi connectivity index (χ4v) is 5.14. The number of piperidine rings is 1. The number of hydrazone groups is 1. The maximum atomic E-state index is 13.0. The lowest BCUT2D eigenvalue weighted by molar-refractivity contribution is 0.0792. The van der Waals surface area contributed by atoms with Crippen LogP contribution in [0, 0.1) is 20.8 Å². The number of thiophene rings is 1. The SMILES string of the molecule is Cc1ccc(/C=N/NC(=O)c2c(C)csc2NC(=O)c2cccc(CN3CCC(O)CC3)c2)cc1C. The summed E-state index contributed by atoms with van der Waals surface area (Å²) < 4.78 is 0. The summed E-state index contributed by atoms with van der Waals surface area (Å²) in [7, 11) is 0. The van der Waals surface area contributed by atoms with Gasteiger partial charge in [0.1, 0.15) is 5.00 Å². The summed E-state index contributed by atoms with van der Waals surface area (Å²) in [6, 6.07) is 13.5. The zero-order valence-corrected chi connectivity index (χ0v) is 21.7. The van der Waals surface area contributed by atoms with Gasteiger partial charge in [-0.2, -0.15) is 5.10 Å². The molecule has 2 amide bonds. The molecule has 3 N–H and O–H groups in total. The van der Waals surface area contributed by atoms with Gasteiger partial charge >= 0.3 is 0 Å². The number of hydrogen-bond donors (Lipinski definition) is 3. The van der Waals surface area contributed by atoms with Crippen LogP contribution in [0.15, 0.2) is 52.9 Å². The van der Waals surface area contributed by atoms with Crippen LogP contribution in [0.2, 0.25) is 0 Å². The Bertz CT molecular complexity index is 1280. The van der Waals surface area contributed by atoms with E-state index < -0.39 is 0 Å². The third kappa shape index (κ3) is 6.46. The van der Waals surface area contributed by atoms with E-state index in [0.717, 1.165) is 54.7 Å². The maximum Gasteiger partial charge on any atom is 0.274 e. The minimum atomic E-state index is -0.370. The largest absolute Gasteiger partial charge is 0.393 e. The van der Waals surface area contributed by atoms with Gasteiger partial charge in [-0.1, -0.05) is 30.3 Å².